The molecule has 0 spiro atoms. The highest BCUT2D eigenvalue weighted by Crippen LogP contribution is 2.16. The second-order valence-corrected chi connectivity index (χ2v) is 7.27. The van der Waals surface area contributed by atoms with Crippen molar-refractivity contribution in [3.8, 4) is 0 Å². The minimum Gasteiger partial charge on any atom is -0.376 e. The van der Waals surface area contributed by atoms with Gasteiger partial charge in [0.05, 0.1) is 23.6 Å². The van der Waals surface area contributed by atoms with Crippen LogP contribution in [0.3, 0.4) is 0 Å². The fourth-order valence-electron chi connectivity index (χ4n) is 3.54. The Kier molecular flexibility index (Phi) is 5.99. The maximum Gasteiger partial charge on any atom is 0.258 e. The number of carbonyl (C=O) groups excluding carboxylic acids is 1. The predicted molar refractivity (Wildman–Crippen MR) is 112 cm³/mol. The molecule has 0 bridgehead atoms. The van der Waals surface area contributed by atoms with Crippen molar-refractivity contribution in [3.63, 3.8) is 0 Å². The lowest BCUT2D eigenvalue weighted by Gasteiger charge is -2.24. The lowest BCUT2D eigenvalue weighted by molar-refractivity contribution is -0.128. The molecule has 0 radical (unpaired) electrons. The number of hydrogen-bond acceptors (Lipinski definition) is 4. The Morgan fingerprint density at radius 3 is 2.93 bits per heavy atom. The minimum atomic E-state index is -0.362. The number of nitrogens with zero attached hydrogens (tertiary/aromatic N) is 2. The number of H-pyrrole nitrogens is 1. The molecule has 1 fully saturated rings. The fraction of sp³-hybridized carbons (Fsp3) is 0.261. The van der Waals surface area contributed by atoms with Crippen molar-refractivity contribution >= 4 is 22.9 Å². The van der Waals surface area contributed by atoms with Crippen LogP contribution in [-0.2, 0) is 16.1 Å². The number of hydrogen-bond donors (Lipinski definition) is 1. The maximum atomic E-state index is 13.4. The summed E-state index contributed by atoms with van der Waals surface area (Å²) < 4.78 is 19.1. The third-order valence-corrected chi connectivity index (χ3v) is 5.03. The summed E-state index contributed by atoms with van der Waals surface area (Å²) in [4.78, 5) is 34.1. The molecule has 2 aromatic carbocycles. The molecule has 1 amide bonds. The van der Waals surface area contributed by atoms with Crippen molar-refractivity contribution in [2.75, 3.05) is 13.2 Å². The summed E-state index contributed by atoms with van der Waals surface area (Å²) >= 11 is 0. The molecule has 1 saturated heterocycles. The predicted octanol–water partition coefficient (Wildman–Crippen LogP) is 3.28. The fourth-order valence-corrected chi connectivity index (χ4v) is 3.54. The second kappa shape index (κ2) is 9.00. The Bertz CT molecular complexity index is 1140. The van der Waals surface area contributed by atoms with E-state index >= 15 is 0 Å². The number of aromatic amines is 1. The van der Waals surface area contributed by atoms with E-state index in [2.05, 4.69) is 9.97 Å². The van der Waals surface area contributed by atoms with E-state index in [1.165, 1.54) is 18.2 Å². The van der Waals surface area contributed by atoms with E-state index in [4.69, 9.17) is 4.74 Å². The van der Waals surface area contributed by atoms with Crippen LogP contribution in [0.2, 0.25) is 0 Å². The van der Waals surface area contributed by atoms with Crippen molar-refractivity contribution in [3.05, 3.63) is 82.2 Å². The molecule has 1 aromatic heterocycles. The second-order valence-electron chi connectivity index (χ2n) is 7.27. The minimum absolute atomic E-state index is 0.0521. The third kappa shape index (κ3) is 4.80. The van der Waals surface area contributed by atoms with Crippen LogP contribution < -0.4 is 5.56 Å². The van der Waals surface area contributed by atoms with E-state index in [9.17, 15) is 14.0 Å². The first-order chi connectivity index (χ1) is 14.6. The van der Waals surface area contributed by atoms with Crippen LogP contribution in [0, 0.1) is 5.82 Å². The van der Waals surface area contributed by atoms with Gasteiger partial charge in [-0.2, -0.15) is 0 Å². The molecule has 0 saturated carbocycles. The average Bonchev–Trinajstić information content (AvgIpc) is 3.25. The molecule has 1 atom stereocenters. The first-order valence-corrected chi connectivity index (χ1v) is 9.90. The average molecular weight is 407 g/mol. The van der Waals surface area contributed by atoms with E-state index in [1.54, 1.807) is 41.3 Å². The van der Waals surface area contributed by atoms with Crippen molar-refractivity contribution < 1.29 is 13.9 Å². The van der Waals surface area contributed by atoms with Crippen LogP contribution in [-0.4, -0.2) is 40.0 Å². The van der Waals surface area contributed by atoms with Gasteiger partial charge in [0.2, 0.25) is 5.91 Å². The van der Waals surface area contributed by atoms with Crippen LogP contribution in [0.5, 0.6) is 0 Å². The number of para-hydroxylation sites is 1. The molecular formula is C23H22FN3O3. The van der Waals surface area contributed by atoms with Gasteiger partial charge in [-0.25, -0.2) is 9.37 Å². The van der Waals surface area contributed by atoms with Gasteiger partial charge in [-0.1, -0.05) is 24.3 Å². The van der Waals surface area contributed by atoms with Gasteiger partial charge in [-0.15, -0.1) is 0 Å². The van der Waals surface area contributed by atoms with Crippen LogP contribution in [0.1, 0.15) is 24.2 Å². The molecule has 30 heavy (non-hydrogen) atoms. The zero-order valence-electron chi connectivity index (χ0n) is 16.4. The highest BCUT2D eigenvalue weighted by molar-refractivity contribution is 5.91. The summed E-state index contributed by atoms with van der Waals surface area (Å²) in [7, 11) is 0. The summed E-state index contributed by atoms with van der Waals surface area (Å²) in [5.74, 6) is -0.214. The molecule has 1 unspecified atom stereocenters. The standard InChI is InChI=1S/C23H22FN3O3/c24-17-6-3-5-16(13-17)10-11-22(28)27(14-18-7-4-12-30-18)15-21-25-20-9-2-1-8-19(20)23(29)26-21/h1-3,5-6,8-11,13,18H,4,7,12,14-15H2,(H,25,26,29)/b11-10+. The lowest BCUT2D eigenvalue weighted by atomic mass is 10.2. The summed E-state index contributed by atoms with van der Waals surface area (Å²) in [6.07, 6.45) is 4.76. The number of ether oxygens (including phenoxy) is 1. The molecule has 1 aliphatic heterocycles. The van der Waals surface area contributed by atoms with Gasteiger partial charge >= 0.3 is 0 Å². The Morgan fingerprint density at radius 1 is 1.27 bits per heavy atom. The molecule has 2 heterocycles. The number of carbonyl (C=O) groups is 1. The summed E-state index contributed by atoms with van der Waals surface area (Å²) in [5, 5.41) is 0.504. The van der Waals surface area contributed by atoms with E-state index in [0.29, 0.717) is 35.4 Å². The summed E-state index contributed by atoms with van der Waals surface area (Å²) in [5.41, 5.74) is 0.934. The largest absolute Gasteiger partial charge is 0.376 e. The molecule has 154 valence electrons. The van der Waals surface area contributed by atoms with Gasteiger partial charge < -0.3 is 14.6 Å². The third-order valence-electron chi connectivity index (χ3n) is 5.03. The molecular weight excluding hydrogens is 385 g/mol. The van der Waals surface area contributed by atoms with Crippen molar-refractivity contribution in [1.82, 2.24) is 14.9 Å². The van der Waals surface area contributed by atoms with E-state index in [1.807, 2.05) is 6.07 Å². The summed E-state index contributed by atoms with van der Waals surface area (Å²) in [6.45, 7) is 1.21. The first-order valence-electron chi connectivity index (χ1n) is 9.90. The van der Waals surface area contributed by atoms with Gasteiger partial charge in [0.1, 0.15) is 11.6 Å². The van der Waals surface area contributed by atoms with Crippen molar-refractivity contribution in [2.45, 2.75) is 25.5 Å². The quantitative estimate of drug-likeness (QED) is 0.637. The molecule has 3 aromatic rings. The van der Waals surface area contributed by atoms with E-state index < -0.39 is 0 Å². The molecule has 4 rings (SSSR count). The van der Waals surface area contributed by atoms with Gasteiger partial charge in [0, 0.05) is 19.2 Å². The lowest BCUT2D eigenvalue weighted by Crippen LogP contribution is -2.36. The number of benzene rings is 2. The number of amides is 1. The number of nitrogens with one attached hydrogen (secondary N) is 1. The molecule has 1 N–H and O–H groups in total. The SMILES string of the molecule is O=C(/C=C/c1cccc(F)c1)N(Cc1nc2ccccc2c(=O)[nH]1)CC1CCCO1. The Labute approximate surface area is 173 Å². The maximum absolute atomic E-state index is 13.4. The van der Waals surface area contributed by atoms with Crippen LogP contribution >= 0.6 is 0 Å². The smallest absolute Gasteiger partial charge is 0.258 e. The van der Waals surface area contributed by atoms with Crippen molar-refractivity contribution in [1.29, 1.82) is 0 Å². The molecule has 1 aliphatic rings. The van der Waals surface area contributed by atoms with E-state index in [0.717, 1.165) is 12.8 Å². The monoisotopic (exact) mass is 407 g/mol. The van der Waals surface area contributed by atoms with Gasteiger partial charge in [-0.05, 0) is 48.7 Å². The van der Waals surface area contributed by atoms with Crippen LogP contribution in [0.25, 0.3) is 17.0 Å². The van der Waals surface area contributed by atoms with Gasteiger partial charge in [0.15, 0.2) is 0 Å². The normalized spacial score (nSPS) is 16.4. The number of halogens is 1. The Hall–Kier alpha value is -3.32. The Morgan fingerprint density at radius 2 is 2.13 bits per heavy atom. The van der Waals surface area contributed by atoms with Crippen LogP contribution in [0.15, 0.2) is 59.4 Å². The van der Waals surface area contributed by atoms with Gasteiger partial charge in [-0.3, -0.25) is 9.59 Å². The highest BCUT2D eigenvalue weighted by atomic mass is 19.1. The topological polar surface area (TPSA) is 75.3 Å². The number of fused-ring (bicyclic) bond motifs is 1. The zero-order valence-corrected chi connectivity index (χ0v) is 16.4. The van der Waals surface area contributed by atoms with Crippen LogP contribution in [0.4, 0.5) is 4.39 Å². The number of rotatable bonds is 6. The summed E-state index contributed by atoms with van der Waals surface area (Å²) in [6, 6.07) is 13.1. The molecule has 7 heteroatoms. The molecule has 0 aliphatic carbocycles. The number of aromatic nitrogens is 2. The Balaban J connectivity index is 1.57. The highest BCUT2D eigenvalue weighted by Gasteiger charge is 2.22. The van der Waals surface area contributed by atoms with Gasteiger partial charge in [0.25, 0.3) is 5.56 Å². The first kappa shape index (κ1) is 20.0. The van der Waals surface area contributed by atoms with Crippen molar-refractivity contribution in [2.24, 2.45) is 0 Å². The molecule has 6 nitrogen and oxygen atoms in total. The van der Waals surface area contributed by atoms with E-state index in [-0.39, 0.29) is 29.9 Å². The zero-order chi connectivity index (χ0) is 20.9.